The first-order valence-electron chi connectivity index (χ1n) is 7.00. The maximum Gasteiger partial charge on any atom is 0.294 e. The summed E-state index contributed by atoms with van der Waals surface area (Å²) in [5.74, 6) is -2.41. The van der Waals surface area contributed by atoms with Crippen molar-refractivity contribution in [1.29, 1.82) is 0 Å². The maximum absolute atomic E-state index is 14.3. The van der Waals surface area contributed by atoms with Gasteiger partial charge < -0.3 is 5.11 Å². The molecule has 2 heterocycles. The molecular weight excluding hydrogens is 299 g/mol. The first-order chi connectivity index (χ1) is 11.0. The van der Waals surface area contributed by atoms with Crippen molar-refractivity contribution in [1.82, 2.24) is 0 Å². The van der Waals surface area contributed by atoms with Gasteiger partial charge in [0.15, 0.2) is 23.9 Å². The van der Waals surface area contributed by atoms with Crippen molar-refractivity contribution in [3.8, 4) is 0 Å². The Morgan fingerprint density at radius 2 is 2.00 bits per heavy atom. The molecule has 3 rings (SSSR count). The number of nitrogens with zero attached hydrogens (tertiary/aromatic N) is 1. The number of H-pyrrole nitrogens is 1. The van der Waals surface area contributed by atoms with E-state index < -0.39 is 29.3 Å². The van der Waals surface area contributed by atoms with E-state index in [2.05, 4.69) is 4.98 Å². The van der Waals surface area contributed by atoms with Gasteiger partial charge >= 0.3 is 0 Å². The summed E-state index contributed by atoms with van der Waals surface area (Å²) in [7, 11) is 0. The van der Waals surface area contributed by atoms with Crippen LogP contribution in [0.4, 0.5) is 10.1 Å². The smallest absolute Gasteiger partial charge is 0.294 e. The second-order valence-corrected chi connectivity index (χ2v) is 5.18. The van der Waals surface area contributed by atoms with E-state index in [1.807, 2.05) is 0 Å². The summed E-state index contributed by atoms with van der Waals surface area (Å²) < 4.78 is 14.3. The third-order valence-corrected chi connectivity index (χ3v) is 3.76. The second-order valence-electron chi connectivity index (χ2n) is 5.18. The molecule has 1 aromatic carbocycles. The van der Waals surface area contributed by atoms with Crippen molar-refractivity contribution in [2.45, 2.75) is 13.0 Å². The lowest BCUT2D eigenvalue weighted by Crippen LogP contribution is -2.32. The number of Topliss-reactive ketones (excluding diaryl/α,β-unsaturated/α-hetero) is 1. The SMILES string of the molecule is CC(=O)C1=C(O)C(=O)N(c2ccc[nH+]c2)C1c1ccccc1F. The van der Waals surface area contributed by atoms with Gasteiger partial charge in [0.25, 0.3) is 5.91 Å². The minimum atomic E-state index is -1.00. The van der Waals surface area contributed by atoms with E-state index in [9.17, 15) is 19.1 Å². The lowest BCUT2D eigenvalue weighted by molar-refractivity contribution is -0.377. The molecule has 1 atom stereocenters. The Morgan fingerprint density at radius 3 is 2.61 bits per heavy atom. The number of benzene rings is 1. The van der Waals surface area contributed by atoms with Crippen molar-refractivity contribution < 1.29 is 24.1 Å². The summed E-state index contributed by atoms with van der Waals surface area (Å²) in [5, 5.41) is 10.1. The van der Waals surface area contributed by atoms with Crippen LogP contribution in [0.1, 0.15) is 18.5 Å². The minimum Gasteiger partial charge on any atom is -0.503 e. The number of aromatic amines is 1. The van der Waals surface area contributed by atoms with E-state index >= 15 is 0 Å². The van der Waals surface area contributed by atoms with E-state index in [0.29, 0.717) is 5.69 Å². The van der Waals surface area contributed by atoms with Gasteiger partial charge in [0.2, 0.25) is 0 Å². The van der Waals surface area contributed by atoms with Gasteiger partial charge in [-0.1, -0.05) is 18.2 Å². The van der Waals surface area contributed by atoms with Crippen molar-refractivity contribution in [2.75, 3.05) is 4.90 Å². The summed E-state index contributed by atoms with van der Waals surface area (Å²) in [6, 6.07) is 8.19. The molecule has 0 fully saturated rings. The predicted molar refractivity (Wildman–Crippen MR) is 80.0 cm³/mol. The van der Waals surface area contributed by atoms with E-state index in [0.717, 1.165) is 0 Å². The Hall–Kier alpha value is -3.02. The van der Waals surface area contributed by atoms with E-state index in [1.165, 1.54) is 30.0 Å². The van der Waals surface area contributed by atoms with Crippen molar-refractivity contribution in [3.05, 3.63) is 71.5 Å². The standard InChI is InChI=1S/C17H13FN2O3/c1-10(21)14-15(12-6-2-3-7-13(12)18)20(17(23)16(14)22)11-5-4-8-19-9-11/h2-9,15,22H,1H3/p+1. The quantitative estimate of drug-likeness (QED) is 0.943. The summed E-state index contributed by atoms with van der Waals surface area (Å²) in [5.41, 5.74) is 0.469. The number of anilines is 1. The molecule has 23 heavy (non-hydrogen) atoms. The van der Waals surface area contributed by atoms with Crippen molar-refractivity contribution in [2.24, 2.45) is 0 Å². The topological polar surface area (TPSA) is 71.8 Å². The molecule has 0 saturated carbocycles. The van der Waals surface area contributed by atoms with Gasteiger partial charge in [-0.3, -0.25) is 14.5 Å². The summed E-state index contributed by atoms with van der Waals surface area (Å²) >= 11 is 0. The number of ketones is 1. The lowest BCUT2D eigenvalue weighted by Gasteiger charge is -2.25. The molecule has 1 aromatic heterocycles. The molecule has 5 nitrogen and oxygen atoms in total. The van der Waals surface area contributed by atoms with E-state index in [4.69, 9.17) is 0 Å². The molecule has 0 saturated heterocycles. The van der Waals surface area contributed by atoms with Gasteiger partial charge in [0, 0.05) is 11.6 Å². The van der Waals surface area contributed by atoms with Crippen LogP contribution in [0, 0.1) is 5.82 Å². The Kier molecular flexibility index (Phi) is 3.65. The van der Waals surface area contributed by atoms with Crippen LogP contribution in [0.2, 0.25) is 0 Å². The van der Waals surface area contributed by atoms with Gasteiger partial charge in [-0.25, -0.2) is 9.37 Å². The van der Waals surface area contributed by atoms with Crippen molar-refractivity contribution in [3.63, 3.8) is 0 Å². The third-order valence-electron chi connectivity index (χ3n) is 3.76. The number of rotatable bonds is 3. The molecule has 1 amide bonds. The van der Waals surface area contributed by atoms with Crippen LogP contribution in [-0.2, 0) is 9.59 Å². The molecule has 0 aliphatic carbocycles. The van der Waals surface area contributed by atoms with Gasteiger partial charge in [-0.05, 0) is 19.1 Å². The van der Waals surface area contributed by atoms with Crippen LogP contribution in [0.15, 0.2) is 60.1 Å². The Balaban J connectivity index is 2.22. The maximum atomic E-state index is 14.3. The molecule has 116 valence electrons. The highest BCUT2D eigenvalue weighted by molar-refractivity contribution is 6.15. The van der Waals surface area contributed by atoms with E-state index in [1.54, 1.807) is 30.6 Å². The van der Waals surface area contributed by atoms with Crippen LogP contribution < -0.4 is 9.88 Å². The van der Waals surface area contributed by atoms with Gasteiger partial charge in [0.1, 0.15) is 11.5 Å². The number of pyridine rings is 1. The molecule has 0 bridgehead atoms. The zero-order valence-corrected chi connectivity index (χ0v) is 12.3. The summed E-state index contributed by atoms with van der Waals surface area (Å²) in [6.07, 6.45) is 3.20. The monoisotopic (exact) mass is 313 g/mol. The molecule has 1 unspecified atom stereocenters. The molecule has 0 spiro atoms. The first-order valence-corrected chi connectivity index (χ1v) is 7.00. The number of hydrogen-bond donors (Lipinski definition) is 1. The van der Waals surface area contributed by atoms with Crippen molar-refractivity contribution >= 4 is 17.4 Å². The Labute approximate surface area is 131 Å². The highest BCUT2D eigenvalue weighted by Crippen LogP contribution is 2.41. The van der Waals surface area contributed by atoms with Crippen LogP contribution in [0.25, 0.3) is 0 Å². The van der Waals surface area contributed by atoms with Crippen LogP contribution in [-0.4, -0.2) is 16.8 Å². The Bertz CT molecular complexity index is 818. The van der Waals surface area contributed by atoms with Crippen LogP contribution in [0.3, 0.4) is 0 Å². The fourth-order valence-corrected chi connectivity index (χ4v) is 2.76. The Morgan fingerprint density at radius 1 is 1.26 bits per heavy atom. The zero-order valence-electron chi connectivity index (χ0n) is 12.3. The number of aromatic nitrogens is 1. The molecule has 2 N–H and O–H groups in total. The van der Waals surface area contributed by atoms with E-state index in [-0.39, 0.29) is 11.1 Å². The number of carbonyl (C=O) groups is 2. The van der Waals surface area contributed by atoms with Gasteiger partial charge in [-0.15, -0.1) is 0 Å². The average Bonchev–Trinajstić information content (AvgIpc) is 2.80. The number of carbonyl (C=O) groups excluding carboxylic acids is 2. The number of aliphatic hydroxyl groups excluding tert-OH is 1. The highest BCUT2D eigenvalue weighted by Gasteiger charge is 2.44. The largest absolute Gasteiger partial charge is 0.503 e. The normalized spacial score (nSPS) is 17.7. The lowest BCUT2D eigenvalue weighted by atomic mass is 9.96. The molecule has 0 radical (unpaired) electrons. The zero-order chi connectivity index (χ0) is 16.6. The third kappa shape index (κ3) is 2.38. The van der Waals surface area contributed by atoms with Gasteiger partial charge in [-0.2, -0.15) is 0 Å². The molecule has 1 aliphatic heterocycles. The predicted octanol–water partition coefficient (Wildman–Crippen LogP) is 2.13. The average molecular weight is 313 g/mol. The van der Waals surface area contributed by atoms with Gasteiger partial charge in [0.05, 0.1) is 11.6 Å². The number of amides is 1. The summed E-state index contributed by atoms with van der Waals surface area (Å²) in [4.78, 5) is 28.4. The number of hydrogen-bond acceptors (Lipinski definition) is 3. The number of nitrogens with one attached hydrogen (secondary N) is 1. The number of halogens is 1. The highest BCUT2D eigenvalue weighted by atomic mass is 19.1. The van der Waals surface area contributed by atoms with Crippen LogP contribution >= 0.6 is 0 Å². The molecule has 1 aliphatic rings. The fourth-order valence-electron chi connectivity index (χ4n) is 2.76. The second kappa shape index (κ2) is 5.64. The number of aliphatic hydroxyl groups is 1. The molecule has 6 heteroatoms. The minimum absolute atomic E-state index is 0.107. The first kappa shape index (κ1) is 14.9. The molecule has 2 aromatic rings. The molecular formula is C17H14FN2O3+. The van der Waals surface area contributed by atoms with Crippen LogP contribution in [0.5, 0.6) is 0 Å². The summed E-state index contributed by atoms with van der Waals surface area (Å²) in [6.45, 7) is 1.24. The fraction of sp³-hybridized carbons (Fsp3) is 0.118.